The normalized spacial score (nSPS) is 12.0. The summed E-state index contributed by atoms with van der Waals surface area (Å²) in [5.41, 5.74) is 1.05. The van der Waals surface area contributed by atoms with Crippen molar-refractivity contribution in [2.45, 2.75) is 50.6 Å². The molecule has 0 fully saturated rings. The van der Waals surface area contributed by atoms with Crippen LogP contribution in [0.5, 0.6) is 11.5 Å². The molecule has 0 radical (unpaired) electrons. The predicted molar refractivity (Wildman–Crippen MR) is 160 cm³/mol. The molecule has 0 saturated carbocycles. The molecule has 3 aromatic carbocycles. The average Bonchev–Trinajstić information content (AvgIpc) is 2.98. The predicted octanol–water partition coefficient (Wildman–Crippen LogP) is 4.41. The van der Waals surface area contributed by atoms with Gasteiger partial charge in [0.25, 0.3) is 10.0 Å². The molecule has 0 bridgehead atoms. The average molecular weight is 600 g/mol. The molecule has 3 aromatic rings. The van der Waals surface area contributed by atoms with Gasteiger partial charge in [0.2, 0.25) is 11.8 Å². The molecule has 42 heavy (non-hydrogen) atoms. The Labute approximate surface area is 247 Å². The summed E-state index contributed by atoms with van der Waals surface area (Å²) in [4.78, 5) is 28.5. The van der Waals surface area contributed by atoms with E-state index in [1.807, 2.05) is 44.2 Å². The number of carbonyl (C=O) groups is 2. The fraction of sp³-hybridized carbons (Fsp3) is 0.355. The van der Waals surface area contributed by atoms with E-state index in [1.165, 1.54) is 49.5 Å². The molecule has 3 rings (SSSR count). The second-order valence-corrected chi connectivity index (χ2v) is 11.8. The lowest BCUT2D eigenvalue weighted by Gasteiger charge is -2.33. The van der Waals surface area contributed by atoms with Gasteiger partial charge in [0.15, 0.2) is 11.5 Å². The summed E-state index contributed by atoms with van der Waals surface area (Å²) in [5, 5.41) is 2.87. The number of amides is 2. The number of ether oxygens (including phenoxy) is 2. The number of methoxy groups -OCH3 is 2. The highest BCUT2D eigenvalue weighted by Crippen LogP contribution is 2.32. The van der Waals surface area contributed by atoms with Crippen LogP contribution in [0.2, 0.25) is 0 Å². The van der Waals surface area contributed by atoms with Crippen LogP contribution in [-0.2, 0) is 26.0 Å². The first-order valence-electron chi connectivity index (χ1n) is 13.7. The molecule has 0 aromatic heterocycles. The second-order valence-electron chi connectivity index (χ2n) is 9.91. The van der Waals surface area contributed by atoms with Crippen molar-refractivity contribution in [2.24, 2.45) is 0 Å². The summed E-state index contributed by atoms with van der Waals surface area (Å²) >= 11 is 0. The van der Waals surface area contributed by atoms with Crippen molar-refractivity contribution in [3.63, 3.8) is 0 Å². The molecule has 11 heteroatoms. The number of anilines is 1. The maximum Gasteiger partial charge on any atom is 0.264 e. The molecule has 2 amide bonds. The van der Waals surface area contributed by atoms with Crippen LogP contribution in [-0.4, -0.2) is 64.5 Å². The monoisotopic (exact) mass is 599 g/mol. The lowest BCUT2D eigenvalue weighted by Crippen LogP contribution is -2.54. The van der Waals surface area contributed by atoms with E-state index in [4.69, 9.17) is 9.47 Å². The molecule has 1 atom stereocenters. The number of rotatable bonds is 14. The fourth-order valence-corrected chi connectivity index (χ4v) is 5.95. The van der Waals surface area contributed by atoms with Crippen molar-refractivity contribution in [3.8, 4) is 11.5 Å². The van der Waals surface area contributed by atoms with Gasteiger partial charge in [0, 0.05) is 18.7 Å². The van der Waals surface area contributed by atoms with E-state index in [1.54, 1.807) is 6.92 Å². The van der Waals surface area contributed by atoms with E-state index in [0.29, 0.717) is 18.6 Å². The lowest BCUT2D eigenvalue weighted by molar-refractivity contribution is -0.139. The lowest BCUT2D eigenvalue weighted by atomic mass is 10.1. The Morgan fingerprint density at radius 1 is 0.929 bits per heavy atom. The Morgan fingerprint density at radius 3 is 2.14 bits per heavy atom. The maximum atomic E-state index is 14.0. The van der Waals surface area contributed by atoms with Gasteiger partial charge in [-0.1, -0.05) is 37.3 Å². The van der Waals surface area contributed by atoms with Gasteiger partial charge in [0.1, 0.15) is 18.4 Å². The molecule has 1 unspecified atom stereocenters. The maximum absolute atomic E-state index is 14.0. The van der Waals surface area contributed by atoms with Crippen LogP contribution in [0.1, 0.15) is 32.8 Å². The highest BCUT2D eigenvalue weighted by Gasteiger charge is 2.34. The first kappa shape index (κ1) is 32.4. The Kier molecular flexibility index (Phi) is 11.3. The molecule has 0 heterocycles. The quantitative estimate of drug-likeness (QED) is 0.294. The van der Waals surface area contributed by atoms with Crippen molar-refractivity contribution in [2.75, 3.05) is 31.6 Å². The summed E-state index contributed by atoms with van der Waals surface area (Å²) in [6, 6.07) is 17.4. The largest absolute Gasteiger partial charge is 0.493 e. The molecule has 0 aliphatic rings. The standard InChI is InChI=1S/C31H38FN3O6S/c1-6-27(31(37)33-22(2)3)34(19-18-23-10-8-7-9-11-23)30(36)21-35(25-14-12-24(32)13-15-25)42(38,39)26-16-17-28(40-4)29(20-26)41-5/h7-17,20,22,27H,6,18-19,21H2,1-5H3,(H,33,37). The van der Waals surface area contributed by atoms with Crippen molar-refractivity contribution in [1.82, 2.24) is 10.2 Å². The zero-order valence-corrected chi connectivity index (χ0v) is 25.4. The highest BCUT2D eigenvalue weighted by atomic mass is 32.2. The van der Waals surface area contributed by atoms with Gasteiger partial charge in [-0.25, -0.2) is 12.8 Å². The number of sulfonamides is 1. The van der Waals surface area contributed by atoms with Crippen molar-refractivity contribution in [3.05, 3.63) is 84.2 Å². The van der Waals surface area contributed by atoms with Crippen LogP contribution in [0, 0.1) is 5.82 Å². The molecule has 0 spiro atoms. The highest BCUT2D eigenvalue weighted by molar-refractivity contribution is 7.92. The third-order valence-corrected chi connectivity index (χ3v) is 8.41. The topological polar surface area (TPSA) is 105 Å². The summed E-state index contributed by atoms with van der Waals surface area (Å²) in [6.45, 7) is 5.01. The number of nitrogens with zero attached hydrogens (tertiary/aromatic N) is 2. The number of benzene rings is 3. The summed E-state index contributed by atoms with van der Waals surface area (Å²) in [5.74, 6) is -0.954. The van der Waals surface area contributed by atoms with Gasteiger partial charge in [0.05, 0.1) is 24.8 Å². The van der Waals surface area contributed by atoms with Crippen LogP contribution in [0.4, 0.5) is 10.1 Å². The van der Waals surface area contributed by atoms with E-state index in [0.717, 1.165) is 22.0 Å². The number of carbonyl (C=O) groups excluding carboxylic acids is 2. The minimum Gasteiger partial charge on any atom is -0.493 e. The van der Waals surface area contributed by atoms with E-state index in [2.05, 4.69) is 5.32 Å². The van der Waals surface area contributed by atoms with E-state index >= 15 is 0 Å². The second kappa shape index (κ2) is 14.7. The number of hydrogen-bond acceptors (Lipinski definition) is 6. The molecular weight excluding hydrogens is 561 g/mol. The van der Waals surface area contributed by atoms with Gasteiger partial charge in [-0.15, -0.1) is 0 Å². The van der Waals surface area contributed by atoms with Crippen molar-refractivity contribution < 1.29 is 31.9 Å². The fourth-order valence-electron chi connectivity index (χ4n) is 4.52. The van der Waals surface area contributed by atoms with Gasteiger partial charge < -0.3 is 19.7 Å². The number of halogens is 1. The van der Waals surface area contributed by atoms with Crippen molar-refractivity contribution in [1.29, 1.82) is 0 Å². The van der Waals surface area contributed by atoms with Crippen LogP contribution < -0.4 is 19.1 Å². The smallest absolute Gasteiger partial charge is 0.264 e. The zero-order valence-electron chi connectivity index (χ0n) is 24.5. The minimum atomic E-state index is -4.36. The molecule has 0 aliphatic carbocycles. The van der Waals surface area contributed by atoms with E-state index < -0.39 is 34.3 Å². The Morgan fingerprint density at radius 2 is 1.57 bits per heavy atom. The third kappa shape index (κ3) is 8.00. The minimum absolute atomic E-state index is 0.0854. The summed E-state index contributed by atoms with van der Waals surface area (Å²) < 4.78 is 53.3. The Balaban J connectivity index is 2.05. The van der Waals surface area contributed by atoms with Gasteiger partial charge in [-0.05, 0) is 68.7 Å². The van der Waals surface area contributed by atoms with Gasteiger partial charge in [-0.3, -0.25) is 13.9 Å². The van der Waals surface area contributed by atoms with Gasteiger partial charge in [-0.2, -0.15) is 0 Å². The van der Waals surface area contributed by atoms with Crippen LogP contribution in [0.3, 0.4) is 0 Å². The first-order valence-corrected chi connectivity index (χ1v) is 15.1. The molecule has 1 N–H and O–H groups in total. The summed E-state index contributed by atoms with van der Waals surface area (Å²) in [6.07, 6.45) is 0.773. The zero-order chi connectivity index (χ0) is 30.9. The molecule has 9 nitrogen and oxygen atoms in total. The number of nitrogens with one attached hydrogen (secondary N) is 1. The van der Waals surface area contributed by atoms with Crippen molar-refractivity contribution >= 4 is 27.5 Å². The first-order chi connectivity index (χ1) is 20.0. The molecular formula is C31H38FN3O6S. The molecule has 0 saturated heterocycles. The number of hydrogen-bond donors (Lipinski definition) is 1. The van der Waals surface area contributed by atoms with E-state index in [-0.39, 0.29) is 34.8 Å². The Bertz CT molecular complexity index is 1450. The SMILES string of the molecule is CCC(C(=O)NC(C)C)N(CCc1ccccc1)C(=O)CN(c1ccc(F)cc1)S(=O)(=O)c1ccc(OC)c(OC)c1. The van der Waals surface area contributed by atoms with Crippen LogP contribution in [0.25, 0.3) is 0 Å². The summed E-state index contributed by atoms with van der Waals surface area (Å²) in [7, 11) is -1.55. The van der Waals surface area contributed by atoms with Crippen LogP contribution >= 0.6 is 0 Å². The van der Waals surface area contributed by atoms with E-state index in [9.17, 15) is 22.4 Å². The van der Waals surface area contributed by atoms with Crippen LogP contribution in [0.15, 0.2) is 77.7 Å². The van der Waals surface area contributed by atoms with Gasteiger partial charge >= 0.3 is 0 Å². The Hall–Kier alpha value is -4.12. The molecule has 0 aliphatic heterocycles. The third-order valence-electron chi connectivity index (χ3n) is 6.64. The molecule has 226 valence electrons.